The summed E-state index contributed by atoms with van der Waals surface area (Å²) in [7, 11) is -7.73. The molecule has 0 radical (unpaired) electrons. The number of rotatable bonds is 8. The van der Waals surface area contributed by atoms with Crippen LogP contribution in [0.3, 0.4) is 0 Å². The highest BCUT2D eigenvalue weighted by Gasteiger charge is 2.17. The van der Waals surface area contributed by atoms with E-state index in [0.717, 1.165) is 5.56 Å². The second-order valence-electron chi connectivity index (χ2n) is 8.52. The highest BCUT2D eigenvalue weighted by molar-refractivity contribution is 7.93. The van der Waals surface area contributed by atoms with Gasteiger partial charge in [0.15, 0.2) is 0 Å². The maximum atomic E-state index is 12.7. The Bertz CT molecular complexity index is 1670. The number of carbonyl (C=O) groups is 1. The molecule has 0 fully saturated rings. The molecule has 38 heavy (non-hydrogen) atoms. The van der Waals surface area contributed by atoms with Gasteiger partial charge in [0.2, 0.25) is 0 Å². The molecule has 4 rings (SSSR count). The number of carbonyl (C=O) groups excluding carboxylic acids is 1. The van der Waals surface area contributed by atoms with Gasteiger partial charge >= 0.3 is 0 Å². The molecule has 0 aliphatic rings. The molecule has 0 unspecified atom stereocenters. The van der Waals surface area contributed by atoms with E-state index in [1.54, 1.807) is 38.1 Å². The van der Waals surface area contributed by atoms with Crippen molar-refractivity contribution < 1.29 is 21.6 Å². The van der Waals surface area contributed by atoms with E-state index in [4.69, 9.17) is 0 Å². The molecule has 0 spiro atoms. The SMILES string of the molecule is Cc1ccc(NS(=O)(=O)c2ccc(C(=O)Nc3ccc(S(=O)(=O)Nc4cc(C)nc(C)n4)cc3)cc2)cc1. The lowest BCUT2D eigenvalue weighted by atomic mass is 10.2. The Morgan fingerprint density at radius 2 is 1.18 bits per heavy atom. The van der Waals surface area contributed by atoms with Gasteiger partial charge in [0.25, 0.3) is 26.0 Å². The van der Waals surface area contributed by atoms with Crippen molar-refractivity contribution in [3.05, 3.63) is 102 Å². The Morgan fingerprint density at radius 1 is 0.658 bits per heavy atom. The zero-order valence-electron chi connectivity index (χ0n) is 20.8. The summed E-state index contributed by atoms with van der Waals surface area (Å²) in [4.78, 5) is 20.9. The molecule has 0 saturated heterocycles. The van der Waals surface area contributed by atoms with Crippen LogP contribution in [0.4, 0.5) is 17.2 Å². The molecule has 3 aromatic carbocycles. The number of sulfonamides is 2. The molecule has 0 atom stereocenters. The zero-order valence-corrected chi connectivity index (χ0v) is 22.4. The van der Waals surface area contributed by atoms with E-state index in [9.17, 15) is 21.6 Å². The van der Waals surface area contributed by atoms with Crippen LogP contribution in [0.15, 0.2) is 88.7 Å². The summed E-state index contributed by atoms with van der Waals surface area (Å²) in [6.45, 7) is 5.30. The lowest BCUT2D eigenvalue weighted by Gasteiger charge is -2.11. The summed E-state index contributed by atoms with van der Waals surface area (Å²) in [5.74, 6) is 0.113. The van der Waals surface area contributed by atoms with Gasteiger partial charge in [-0.05, 0) is 81.4 Å². The fraction of sp³-hybridized carbons (Fsp3) is 0.115. The van der Waals surface area contributed by atoms with Gasteiger partial charge in [-0.1, -0.05) is 17.7 Å². The first kappa shape index (κ1) is 26.8. The fourth-order valence-corrected chi connectivity index (χ4v) is 5.56. The molecule has 0 saturated carbocycles. The third-order valence-corrected chi connectivity index (χ3v) is 8.13. The van der Waals surface area contributed by atoms with E-state index in [2.05, 4.69) is 24.7 Å². The van der Waals surface area contributed by atoms with Gasteiger partial charge in [-0.15, -0.1) is 0 Å². The van der Waals surface area contributed by atoms with Gasteiger partial charge in [0, 0.05) is 28.7 Å². The maximum Gasteiger partial charge on any atom is 0.263 e. The first-order chi connectivity index (χ1) is 17.9. The lowest BCUT2D eigenvalue weighted by molar-refractivity contribution is 0.102. The summed E-state index contributed by atoms with van der Waals surface area (Å²) < 4.78 is 55.6. The number of anilines is 3. The van der Waals surface area contributed by atoms with Gasteiger partial charge in [-0.2, -0.15) is 0 Å². The van der Waals surface area contributed by atoms with Crippen molar-refractivity contribution in [3.8, 4) is 0 Å². The maximum absolute atomic E-state index is 12.7. The summed E-state index contributed by atoms with van der Waals surface area (Å²) >= 11 is 0. The Labute approximate surface area is 221 Å². The van der Waals surface area contributed by atoms with Crippen molar-refractivity contribution in [2.24, 2.45) is 0 Å². The van der Waals surface area contributed by atoms with Crippen LogP contribution in [-0.4, -0.2) is 32.7 Å². The number of nitrogens with zero attached hydrogens (tertiary/aromatic N) is 2. The summed E-state index contributed by atoms with van der Waals surface area (Å²) in [6.07, 6.45) is 0. The Hall–Kier alpha value is -4.29. The first-order valence-corrected chi connectivity index (χ1v) is 14.3. The molecule has 196 valence electrons. The van der Waals surface area contributed by atoms with Crippen LogP contribution in [0.1, 0.15) is 27.4 Å². The van der Waals surface area contributed by atoms with E-state index >= 15 is 0 Å². The minimum Gasteiger partial charge on any atom is -0.322 e. The smallest absolute Gasteiger partial charge is 0.263 e. The molecule has 0 aliphatic carbocycles. The van der Waals surface area contributed by atoms with Crippen molar-refractivity contribution in [2.45, 2.75) is 30.6 Å². The van der Waals surface area contributed by atoms with E-state index < -0.39 is 26.0 Å². The highest BCUT2D eigenvalue weighted by atomic mass is 32.2. The molecule has 4 aromatic rings. The van der Waals surface area contributed by atoms with Gasteiger partial charge in [-0.25, -0.2) is 26.8 Å². The quantitative estimate of drug-likeness (QED) is 0.296. The van der Waals surface area contributed by atoms with Gasteiger partial charge < -0.3 is 5.32 Å². The predicted molar refractivity (Wildman–Crippen MR) is 145 cm³/mol. The number of benzene rings is 3. The molecular formula is C26H25N5O5S2. The minimum atomic E-state index is -3.90. The van der Waals surface area contributed by atoms with Crippen molar-refractivity contribution in [1.82, 2.24) is 9.97 Å². The average molecular weight is 552 g/mol. The number of amides is 1. The van der Waals surface area contributed by atoms with Gasteiger partial charge in [-0.3, -0.25) is 14.2 Å². The average Bonchev–Trinajstić information content (AvgIpc) is 2.85. The number of aryl methyl sites for hydroxylation is 3. The Kier molecular flexibility index (Phi) is 7.46. The minimum absolute atomic E-state index is 0.00533. The molecule has 12 heteroatoms. The number of aromatic nitrogens is 2. The van der Waals surface area contributed by atoms with Crippen molar-refractivity contribution in [2.75, 3.05) is 14.8 Å². The monoisotopic (exact) mass is 551 g/mol. The van der Waals surface area contributed by atoms with Crippen LogP contribution in [0, 0.1) is 20.8 Å². The van der Waals surface area contributed by atoms with Crippen molar-refractivity contribution >= 4 is 43.1 Å². The second kappa shape index (κ2) is 10.6. The highest BCUT2D eigenvalue weighted by Crippen LogP contribution is 2.20. The van der Waals surface area contributed by atoms with E-state index in [1.165, 1.54) is 54.6 Å². The standard InChI is InChI=1S/C26H25N5O5S2/c1-17-4-8-22(9-5-17)30-37(33,34)23-12-6-20(7-13-23)26(32)29-21-10-14-24(15-11-21)38(35,36)31-25-16-18(2)27-19(3)28-25/h4-16,30H,1-3H3,(H,29,32)(H,27,28,31). The predicted octanol–water partition coefficient (Wildman–Crippen LogP) is 4.26. The van der Waals surface area contributed by atoms with E-state index in [0.29, 0.717) is 22.9 Å². The van der Waals surface area contributed by atoms with E-state index in [1.807, 2.05) is 6.92 Å². The Morgan fingerprint density at radius 3 is 1.76 bits per heavy atom. The topological polar surface area (TPSA) is 147 Å². The van der Waals surface area contributed by atoms with E-state index in [-0.39, 0.29) is 21.2 Å². The normalized spacial score (nSPS) is 11.6. The third kappa shape index (κ3) is 6.52. The summed E-state index contributed by atoms with van der Waals surface area (Å²) in [5.41, 5.74) is 2.65. The second-order valence-corrected chi connectivity index (χ2v) is 11.9. The third-order valence-electron chi connectivity index (χ3n) is 5.36. The molecular weight excluding hydrogens is 526 g/mol. The molecule has 1 aromatic heterocycles. The molecule has 0 bridgehead atoms. The molecule has 0 aliphatic heterocycles. The Balaban J connectivity index is 1.41. The lowest BCUT2D eigenvalue weighted by Crippen LogP contribution is -2.16. The van der Waals surface area contributed by atoms with Crippen LogP contribution in [0.25, 0.3) is 0 Å². The fourth-order valence-electron chi connectivity index (χ4n) is 3.51. The van der Waals surface area contributed by atoms with Gasteiger partial charge in [0.05, 0.1) is 9.79 Å². The van der Waals surface area contributed by atoms with Gasteiger partial charge in [0.1, 0.15) is 11.6 Å². The van der Waals surface area contributed by atoms with Crippen LogP contribution >= 0.6 is 0 Å². The zero-order chi connectivity index (χ0) is 27.5. The van der Waals surface area contributed by atoms with Crippen molar-refractivity contribution in [3.63, 3.8) is 0 Å². The molecule has 10 nitrogen and oxygen atoms in total. The van der Waals surface area contributed by atoms with Crippen molar-refractivity contribution in [1.29, 1.82) is 0 Å². The first-order valence-electron chi connectivity index (χ1n) is 11.4. The molecule has 1 heterocycles. The van der Waals surface area contributed by atoms with Crippen LogP contribution in [0.2, 0.25) is 0 Å². The number of nitrogens with one attached hydrogen (secondary N) is 3. The summed E-state index contributed by atoms with van der Waals surface area (Å²) in [6, 6.07) is 19.5. The molecule has 3 N–H and O–H groups in total. The molecule has 1 amide bonds. The summed E-state index contributed by atoms with van der Waals surface area (Å²) in [5, 5.41) is 2.66. The van der Waals surface area contributed by atoms with Crippen LogP contribution in [0.5, 0.6) is 0 Å². The van der Waals surface area contributed by atoms with Crippen LogP contribution < -0.4 is 14.8 Å². The largest absolute Gasteiger partial charge is 0.322 e. The van der Waals surface area contributed by atoms with Crippen LogP contribution in [-0.2, 0) is 20.0 Å². The number of hydrogen-bond acceptors (Lipinski definition) is 7. The number of hydrogen-bond donors (Lipinski definition) is 3.